The number of carbonyl (C=O) groups excluding carboxylic acids is 1. The number of hydrogen-bond donors (Lipinski definition) is 0. The first-order valence-electron chi connectivity index (χ1n) is 5.44. The second-order valence-corrected chi connectivity index (χ2v) is 8.41. The van der Waals surface area contributed by atoms with Crippen molar-refractivity contribution >= 4 is 58.9 Å². The van der Waals surface area contributed by atoms with Gasteiger partial charge in [0.1, 0.15) is 0 Å². The van der Waals surface area contributed by atoms with E-state index in [2.05, 4.69) is 15.9 Å². The first kappa shape index (κ1) is 15.1. The lowest BCUT2D eigenvalue weighted by Crippen LogP contribution is -2.25. The van der Waals surface area contributed by atoms with Crippen molar-refractivity contribution in [2.75, 3.05) is 17.2 Å². The summed E-state index contributed by atoms with van der Waals surface area (Å²) in [5.74, 6) is -0.655. The van der Waals surface area contributed by atoms with E-state index in [0.29, 0.717) is 21.7 Å². The van der Waals surface area contributed by atoms with Crippen molar-refractivity contribution < 1.29 is 13.2 Å². The molecule has 0 N–H and O–H groups in total. The third-order valence-corrected chi connectivity index (χ3v) is 5.40. The van der Waals surface area contributed by atoms with Crippen molar-refractivity contribution in [2.45, 2.75) is 6.42 Å². The van der Waals surface area contributed by atoms with Gasteiger partial charge >= 0.3 is 0 Å². The number of amides is 1. The molecule has 1 fully saturated rings. The SMILES string of the molecule is O=C1CC(CS(=O)(=O)Cl)CN1c1cccc(Br)c1Cl. The topological polar surface area (TPSA) is 54.5 Å². The molecule has 0 radical (unpaired) electrons. The van der Waals surface area contributed by atoms with Crippen molar-refractivity contribution in [3.05, 3.63) is 27.7 Å². The number of rotatable bonds is 3. The van der Waals surface area contributed by atoms with Gasteiger partial charge in [0.25, 0.3) is 0 Å². The highest BCUT2D eigenvalue weighted by Gasteiger charge is 2.34. The summed E-state index contributed by atoms with van der Waals surface area (Å²) in [7, 11) is 1.62. The van der Waals surface area contributed by atoms with E-state index in [9.17, 15) is 13.2 Å². The quantitative estimate of drug-likeness (QED) is 0.750. The average Bonchev–Trinajstić information content (AvgIpc) is 2.61. The zero-order chi connectivity index (χ0) is 14.2. The molecule has 1 heterocycles. The molecular weight excluding hydrogens is 377 g/mol. The Morgan fingerprint density at radius 1 is 1.42 bits per heavy atom. The minimum atomic E-state index is -3.60. The molecule has 0 saturated carbocycles. The van der Waals surface area contributed by atoms with Crippen molar-refractivity contribution in [2.24, 2.45) is 5.92 Å². The highest BCUT2D eigenvalue weighted by atomic mass is 79.9. The lowest BCUT2D eigenvalue weighted by molar-refractivity contribution is -0.117. The molecule has 1 unspecified atom stereocenters. The molecule has 104 valence electrons. The van der Waals surface area contributed by atoms with Crippen LogP contribution in [0.5, 0.6) is 0 Å². The van der Waals surface area contributed by atoms with Crippen molar-refractivity contribution in [3.63, 3.8) is 0 Å². The van der Waals surface area contributed by atoms with Crippen LogP contribution >= 0.6 is 38.2 Å². The molecule has 19 heavy (non-hydrogen) atoms. The summed E-state index contributed by atoms with van der Waals surface area (Å²) >= 11 is 9.42. The van der Waals surface area contributed by atoms with Gasteiger partial charge in [0.2, 0.25) is 15.0 Å². The van der Waals surface area contributed by atoms with Gasteiger partial charge < -0.3 is 4.90 Å². The van der Waals surface area contributed by atoms with Crippen LogP contribution in [0.1, 0.15) is 6.42 Å². The average molecular weight is 387 g/mol. The van der Waals surface area contributed by atoms with Gasteiger partial charge in [-0.25, -0.2) is 8.42 Å². The molecule has 0 aliphatic carbocycles. The largest absolute Gasteiger partial charge is 0.311 e. The molecule has 1 aliphatic rings. The predicted octanol–water partition coefficient (Wildman–Crippen LogP) is 3.02. The molecule has 4 nitrogen and oxygen atoms in total. The molecule has 0 bridgehead atoms. The fraction of sp³-hybridized carbons (Fsp3) is 0.364. The number of halogens is 3. The number of nitrogens with zero attached hydrogens (tertiary/aromatic N) is 1. The fourth-order valence-electron chi connectivity index (χ4n) is 2.11. The van der Waals surface area contributed by atoms with E-state index < -0.39 is 9.05 Å². The van der Waals surface area contributed by atoms with Gasteiger partial charge in [-0.05, 0) is 28.1 Å². The van der Waals surface area contributed by atoms with Gasteiger partial charge in [0.15, 0.2) is 0 Å². The van der Waals surface area contributed by atoms with Gasteiger partial charge in [0, 0.05) is 34.0 Å². The molecular formula is C11H10BrCl2NO3S. The number of benzene rings is 1. The summed E-state index contributed by atoms with van der Waals surface area (Å²) < 4.78 is 22.8. The Morgan fingerprint density at radius 3 is 2.74 bits per heavy atom. The third-order valence-electron chi connectivity index (χ3n) is 2.86. The molecule has 1 atom stereocenters. The van der Waals surface area contributed by atoms with Crippen LogP contribution in [0.25, 0.3) is 0 Å². The van der Waals surface area contributed by atoms with Crippen LogP contribution in [0.4, 0.5) is 5.69 Å². The van der Waals surface area contributed by atoms with E-state index in [4.69, 9.17) is 22.3 Å². The molecule has 1 saturated heterocycles. The highest BCUT2D eigenvalue weighted by molar-refractivity contribution is 9.10. The first-order valence-corrected chi connectivity index (χ1v) is 9.09. The van der Waals surface area contributed by atoms with Crippen LogP contribution in [0, 0.1) is 5.92 Å². The second kappa shape index (κ2) is 5.60. The van der Waals surface area contributed by atoms with Crippen molar-refractivity contribution in [3.8, 4) is 0 Å². The maximum absolute atomic E-state index is 11.9. The van der Waals surface area contributed by atoms with Crippen LogP contribution in [0.3, 0.4) is 0 Å². The molecule has 8 heteroatoms. The van der Waals surface area contributed by atoms with E-state index in [1.807, 2.05) is 0 Å². The highest BCUT2D eigenvalue weighted by Crippen LogP contribution is 2.36. The minimum Gasteiger partial charge on any atom is -0.311 e. The Hall–Kier alpha value is -0.300. The van der Waals surface area contributed by atoms with Crippen LogP contribution < -0.4 is 4.90 Å². The number of hydrogen-bond acceptors (Lipinski definition) is 3. The normalized spacial score (nSPS) is 20.1. The van der Waals surface area contributed by atoms with Gasteiger partial charge in [-0.1, -0.05) is 17.7 Å². The van der Waals surface area contributed by atoms with Crippen LogP contribution in [-0.4, -0.2) is 26.6 Å². The third kappa shape index (κ3) is 3.62. The van der Waals surface area contributed by atoms with Crippen molar-refractivity contribution in [1.82, 2.24) is 0 Å². The van der Waals surface area contributed by atoms with Gasteiger partial charge in [-0.2, -0.15) is 0 Å². The summed E-state index contributed by atoms with van der Waals surface area (Å²) in [4.78, 5) is 13.4. The molecule has 1 aromatic carbocycles. The Morgan fingerprint density at radius 2 is 2.11 bits per heavy atom. The summed E-state index contributed by atoms with van der Waals surface area (Å²) in [6.45, 7) is 0.307. The standard InChI is InChI=1S/C11H10BrCl2NO3S/c12-8-2-1-3-9(11(8)13)15-5-7(4-10(15)16)6-19(14,17)18/h1-3,7H,4-6H2. The Balaban J connectivity index is 2.23. The monoisotopic (exact) mass is 385 g/mol. The zero-order valence-corrected chi connectivity index (χ0v) is 13.6. The second-order valence-electron chi connectivity index (χ2n) is 4.35. The summed E-state index contributed by atoms with van der Waals surface area (Å²) in [5, 5.41) is 0.435. The maximum atomic E-state index is 11.9. The molecule has 1 amide bonds. The Labute approximate surface area is 129 Å². The van der Waals surface area contributed by atoms with Crippen LogP contribution in [-0.2, 0) is 13.8 Å². The molecule has 1 aliphatic heterocycles. The lowest BCUT2D eigenvalue weighted by Gasteiger charge is -2.18. The minimum absolute atomic E-state index is 0.148. The maximum Gasteiger partial charge on any atom is 0.232 e. The number of anilines is 1. The summed E-state index contributed by atoms with van der Waals surface area (Å²) in [6, 6.07) is 5.26. The first-order chi connectivity index (χ1) is 8.78. The summed E-state index contributed by atoms with van der Waals surface area (Å²) in [6.07, 6.45) is 0.162. The predicted molar refractivity (Wildman–Crippen MR) is 79.3 cm³/mol. The number of carbonyl (C=O) groups is 1. The zero-order valence-electron chi connectivity index (χ0n) is 9.64. The van der Waals surface area contributed by atoms with E-state index in [1.165, 1.54) is 4.90 Å². The molecule has 2 rings (SSSR count). The fourth-order valence-corrected chi connectivity index (χ4v) is 4.01. The van der Waals surface area contributed by atoms with Crippen molar-refractivity contribution in [1.29, 1.82) is 0 Å². The van der Waals surface area contributed by atoms with E-state index in [0.717, 1.165) is 0 Å². The molecule has 1 aromatic rings. The molecule has 0 spiro atoms. The smallest absolute Gasteiger partial charge is 0.232 e. The van der Waals surface area contributed by atoms with Crippen LogP contribution in [0.15, 0.2) is 22.7 Å². The van der Waals surface area contributed by atoms with Gasteiger partial charge in [-0.3, -0.25) is 4.79 Å². The molecule has 0 aromatic heterocycles. The van der Waals surface area contributed by atoms with E-state index >= 15 is 0 Å². The van der Waals surface area contributed by atoms with E-state index in [1.54, 1.807) is 18.2 Å². The summed E-state index contributed by atoms with van der Waals surface area (Å²) in [5.41, 5.74) is 0.579. The Bertz CT molecular complexity index is 620. The van der Waals surface area contributed by atoms with Gasteiger partial charge in [-0.15, -0.1) is 0 Å². The Kier molecular flexibility index (Phi) is 4.45. The lowest BCUT2D eigenvalue weighted by atomic mass is 10.1. The van der Waals surface area contributed by atoms with Gasteiger partial charge in [0.05, 0.1) is 16.5 Å². The van der Waals surface area contributed by atoms with Crippen LogP contribution in [0.2, 0.25) is 5.02 Å². The van der Waals surface area contributed by atoms with E-state index in [-0.39, 0.29) is 24.0 Å².